The summed E-state index contributed by atoms with van der Waals surface area (Å²) in [6, 6.07) is 20.3. The lowest BCUT2D eigenvalue weighted by Crippen LogP contribution is -2.44. The van der Waals surface area contributed by atoms with Crippen molar-refractivity contribution in [1.82, 2.24) is 0 Å². The van der Waals surface area contributed by atoms with Crippen molar-refractivity contribution in [3.8, 4) is 0 Å². The molecule has 4 rings (SSSR count). The van der Waals surface area contributed by atoms with Gasteiger partial charge in [0.05, 0.1) is 24.7 Å². The molecule has 1 saturated carbocycles. The Kier molecular flexibility index (Phi) is 3.46. The van der Waals surface area contributed by atoms with Crippen LogP contribution in [0, 0.1) is 11.8 Å². The van der Waals surface area contributed by atoms with E-state index >= 15 is 0 Å². The zero-order valence-electron chi connectivity index (χ0n) is 13.1. The topological polar surface area (TPSA) is 35.5 Å². The third-order valence-electron chi connectivity index (χ3n) is 5.39. The average Bonchev–Trinajstić information content (AvgIpc) is 2.84. The van der Waals surface area contributed by atoms with E-state index in [0.717, 1.165) is 18.4 Å². The number of ether oxygens (including phenoxy) is 2. The maximum Gasteiger partial charge on any atom is 0.312 e. The Hall–Kier alpha value is -2.13. The SMILES string of the molecule is COC(=O)[C@@H]1[C@H](c2ccccc2)O[C@@]2(c3ccccc3)CC[C@@H]12. The maximum atomic E-state index is 12.5. The Morgan fingerprint density at radius 2 is 1.74 bits per heavy atom. The van der Waals surface area contributed by atoms with Crippen LogP contribution in [0.15, 0.2) is 60.7 Å². The van der Waals surface area contributed by atoms with Gasteiger partial charge < -0.3 is 9.47 Å². The third-order valence-corrected chi connectivity index (χ3v) is 5.39. The number of methoxy groups -OCH3 is 1. The molecular formula is C20H20O3. The lowest BCUT2D eigenvalue weighted by molar-refractivity contribution is -0.148. The molecule has 1 saturated heterocycles. The van der Waals surface area contributed by atoms with Gasteiger partial charge in [-0.3, -0.25) is 4.79 Å². The van der Waals surface area contributed by atoms with Gasteiger partial charge in [0.25, 0.3) is 0 Å². The van der Waals surface area contributed by atoms with Crippen molar-refractivity contribution in [1.29, 1.82) is 0 Å². The summed E-state index contributed by atoms with van der Waals surface area (Å²) in [6.45, 7) is 0. The minimum Gasteiger partial charge on any atom is -0.469 e. The van der Waals surface area contributed by atoms with Crippen LogP contribution < -0.4 is 0 Å². The number of rotatable bonds is 3. The summed E-state index contributed by atoms with van der Waals surface area (Å²) in [4.78, 5) is 12.5. The van der Waals surface area contributed by atoms with Gasteiger partial charge in [0.15, 0.2) is 0 Å². The fraction of sp³-hybridized carbons (Fsp3) is 0.350. The Morgan fingerprint density at radius 1 is 1.09 bits per heavy atom. The second-order valence-electron chi connectivity index (χ2n) is 6.40. The molecule has 0 spiro atoms. The molecule has 2 aromatic carbocycles. The minimum atomic E-state index is -0.347. The van der Waals surface area contributed by atoms with E-state index in [9.17, 15) is 4.79 Å². The van der Waals surface area contributed by atoms with E-state index < -0.39 is 0 Å². The Bertz CT molecular complexity index is 697. The number of benzene rings is 2. The molecule has 0 unspecified atom stereocenters. The maximum absolute atomic E-state index is 12.5. The molecule has 0 aromatic heterocycles. The molecule has 0 radical (unpaired) electrons. The van der Waals surface area contributed by atoms with Crippen LogP contribution in [0.4, 0.5) is 0 Å². The number of hydrogen-bond donors (Lipinski definition) is 0. The number of carbonyl (C=O) groups is 1. The van der Waals surface area contributed by atoms with Gasteiger partial charge >= 0.3 is 5.97 Å². The molecule has 23 heavy (non-hydrogen) atoms. The molecule has 3 nitrogen and oxygen atoms in total. The van der Waals surface area contributed by atoms with Gasteiger partial charge in [-0.05, 0) is 24.0 Å². The molecule has 0 bridgehead atoms. The molecule has 4 atom stereocenters. The highest BCUT2D eigenvalue weighted by molar-refractivity contribution is 5.75. The number of esters is 1. The molecule has 0 N–H and O–H groups in total. The van der Waals surface area contributed by atoms with E-state index in [1.165, 1.54) is 12.7 Å². The fourth-order valence-corrected chi connectivity index (χ4v) is 4.19. The average molecular weight is 308 g/mol. The fourth-order valence-electron chi connectivity index (χ4n) is 4.19. The predicted octanol–water partition coefficient (Wildman–Crippen LogP) is 3.85. The molecular weight excluding hydrogens is 288 g/mol. The van der Waals surface area contributed by atoms with Crippen LogP contribution in [-0.2, 0) is 19.9 Å². The van der Waals surface area contributed by atoms with Crippen molar-refractivity contribution < 1.29 is 14.3 Å². The first-order valence-electron chi connectivity index (χ1n) is 8.12. The zero-order chi connectivity index (χ0) is 15.9. The largest absolute Gasteiger partial charge is 0.469 e. The summed E-state index contributed by atoms with van der Waals surface area (Å²) in [5.41, 5.74) is 1.87. The summed E-state index contributed by atoms with van der Waals surface area (Å²) in [7, 11) is 1.46. The van der Waals surface area contributed by atoms with Gasteiger partial charge in [0.1, 0.15) is 0 Å². The van der Waals surface area contributed by atoms with Crippen molar-refractivity contribution in [2.24, 2.45) is 11.8 Å². The van der Waals surface area contributed by atoms with E-state index in [1.54, 1.807) is 0 Å². The molecule has 2 aromatic rings. The van der Waals surface area contributed by atoms with Crippen molar-refractivity contribution >= 4 is 5.97 Å². The molecule has 3 heteroatoms. The summed E-state index contributed by atoms with van der Waals surface area (Å²) >= 11 is 0. The molecule has 118 valence electrons. The molecule has 0 amide bonds. The van der Waals surface area contributed by atoms with Gasteiger partial charge in [0.2, 0.25) is 0 Å². The van der Waals surface area contributed by atoms with E-state index in [1.807, 2.05) is 48.5 Å². The van der Waals surface area contributed by atoms with Crippen LogP contribution in [0.5, 0.6) is 0 Å². The lowest BCUT2D eigenvalue weighted by Gasteiger charge is -2.45. The highest BCUT2D eigenvalue weighted by Crippen LogP contribution is 2.63. The van der Waals surface area contributed by atoms with E-state index in [4.69, 9.17) is 9.47 Å². The number of fused-ring (bicyclic) bond motifs is 1. The second-order valence-corrected chi connectivity index (χ2v) is 6.40. The van der Waals surface area contributed by atoms with Crippen molar-refractivity contribution in [3.05, 3.63) is 71.8 Å². The van der Waals surface area contributed by atoms with E-state index in [-0.39, 0.29) is 29.5 Å². The van der Waals surface area contributed by atoms with Crippen molar-refractivity contribution in [2.75, 3.05) is 7.11 Å². The first-order chi connectivity index (χ1) is 11.3. The molecule has 2 aliphatic rings. The summed E-state index contributed by atoms with van der Waals surface area (Å²) < 4.78 is 11.7. The zero-order valence-corrected chi connectivity index (χ0v) is 13.1. The minimum absolute atomic E-state index is 0.165. The summed E-state index contributed by atoms with van der Waals surface area (Å²) in [6.07, 6.45) is 1.72. The Balaban J connectivity index is 1.77. The van der Waals surface area contributed by atoms with Gasteiger partial charge in [0, 0.05) is 5.92 Å². The normalized spacial score (nSPS) is 32.0. The summed E-state index contributed by atoms with van der Waals surface area (Å²) in [5, 5.41) is 0. The first-order valence-corrected chi connectivity index (χ1v) is 8.12. The summed E-state index contributed by atoms with van der Waals surface area (Å²) in [5.74, 6) is -0.222. The van der Waals surface area contributed by atoms with Gasteiger partial charge in [-0.2, -0.15) is 0 Å². The molecule has 2 fully saturated rings. The second kappa shape index (κ2) is 5.50. The van der Waals surface area contributed by atoms with E-state index in [2.05, 4.69) is 12.1 Å². The van der Waals surface area contributed by atoms with Gasteiger partial charge in [-0.1, -0.05) is 60.7 Å². The van der Waals surface area contributed by atoms with Crippen LogP contribution >= 0.6 is 0 Å². The van der Waals surface area contributed by atoms with Gasteiger partial charge in [-0.15, -0.1) is 0 Å². The molecule has 1 aliphatic heterocycles. The van der Waals surface area contributed by atoms with Crippen LogP contribution in [0.3, 0.4) is 0 Å². The first kappa shape index (κ1) is 14.5. The highest BCUT2D eigenvalue weighted by atomic mass is 16.5. The van der Waals surface area contributed by atoms with Crippen LogP contribution in [0.1, 0.15) is 30.1 Å². The van der Waals surface area contributed by atoms with Crippen LogP contribution in [0.2, 0.25) is 0 Å². The number of carbonyl (C=O) groups excluding carboxylic acids is 1. The van der Waals surface area contributed by atoms with E-state index in [0.29, 0.717) is 0 Å². The van der Waals surface area contributed by atoms with Crippen molar-refractivity contribution in [3.63, 3.8) is 0 Å². The predicted molar refractivity (Wildman–Crippen MR) is 86.6 cm³/mol. The molecule has 1 aliphatic carbocycles. The highest BCUT2D eigenvalue weighted by Gasteiger charge is 2.63. The Morgan fingerprint density at radius 3 is 2.30 bits per heavy atom. The van der Waals surface area contributed by atoms with Crippen molar-refractivity contribution in [2.45, 2.75) is 24.5 Å². The monoisotopic (exact) mass is 308 g/mol. The van der Waals surface area contributed by atoms with Gasteiger partial charge in [-0.25, -0.2) is 0 Å². The number of hydrogen-bond acceptors (Lipinski definition) is 3. The quantitative estimate of drug-likeness (QED) is 0.808. The third kappa shape index (κ3) is 2.11. The standard InChI is InChI=1S/C20H20O3/c1-22-19(21)17-16-12-13-20(16,15-10-6-3-7-11-15)23-18(17)14-8-4-2-5-9-14/h2-11,16-18H,12-13H2,1H3/t16-,17-,18-,20+/m0/s1. The lowest BCUT2D eigenvalue weighted by atomic mass is 9.62. The smallest absolute Gasteiger partial charge is 0.312 e. The van der Waals surface area contributed by atoms with Crippen LogP contribution in [-0.4, -0.2) is 13.1 Å². The molecule has 1 heterocycles. The Labute approximate surface area is 136 Å². The van der Waals surface area contributed by atoms with Crippen LogP contribution in [0.25, 0.3) is 0 Å².